The second-order valence-corrected chi connectivity index (χ2v) is 5.78. The fraction of sp³-hybridized carbons (Fsp3) is 0.333. The molecule has 20 heavy (non-hydrogen) atoms. The van der Waals surface area contributed by atoms with E-state index in [1.54, 1.807) is 0 Å². The molecule has 5 heteroatoms. The summed E-state index contributed by atoms with van der Waals surface area (Å²) in [6.07, 6.45) is 0. The van der Waals surface area contributed by atoms with Gasteiger partial charge in [0.2, 0.25) is 0 Å². The molecule has 1 heterocycles. The van der Waals surface area contributed by atoms with Crippen LogP contribution in [0, 0.1) is 6.92 Å². The first-order valence-corrected chi connectivity index (χ1v) is 7.25. The van der Waals surface area contributed by atoms with Crippen molar-refractivity contribution in [1.29, 1.82) is 0 Å². The van der Waals surface area contributed by atoms with Crippen molar-refractivity contribution >= 4 is 29.0 Å². The molecule has 0 bridgehead atoms. The summed E-state index contributed by atoms with van der Waals surface area (Å²) in [6.45, 7) is 6.67. The van der Waals surface area contributed by atoms with Crippen molar-refractivity contribution in [3.8, 4) is 0 Å². The van der Waals surface area contributed by atoms with E-state index in [1.165, 1.54) is 0 Å². The van der Waals surface area contributed by atoms with Crippen LogP contribution in [-0.2, 0) is 6.54 Å². The minimum atomic E-state index is 0.240. The quantitative estimate of drug-likeness (QED) is 0.822. The average Bonchev–Trinajstić information content (AvgIpc) is 2.42. The molecule has 0 saturated heterocycles. The van der Waals surface area contributed by atoms with E-state index in [1.807, 2.05) is 45.0 Å². The van der Waals surface area contributed by atoms with Gasteiger partial charge in [0.15, 0.2) is 0 Å². The van der Waals surface area contributed by atoms with Gasteiger partial charge in [0.05, 0.1) is 0 Å². The minimum absolute atomic E-state index is 0.240. The normalized spacial score (nSPS) is 10.9. The van der Waals surface area contributed by atoms with Gasteiger partial charge in [-0.1, -0.05) is 49.2 Å². The van der Waals surface area contributed by atoms with Crippen LogP contribution < -0.4 is 5.32 Å². The van der Waals surface area contributed by atoms with Crippen LogP contribution in [0.1, 0.15) is 36.7 Å². The first kappa shape index (κ1) is 15.1. The molecule has 0 amide bonds. The molecule has 0 radical (unpaired) electrons. The molecule has 2 aromatic rings. The summed E-state index contributed by atoms with van der Waals surface area (Å²) in [6, 6.07) is 7.71. The van der Waals surface area contributed by atoms with Crippen molar-refractivity contribution in [2.24, 2.45) is 0 Å². The van der Waals surface area contributed by atoms with Gasteiger partial charge in [-0.2, -0.15) is 0 Å². The lowest BCUT2D eigenvalue weighted by Gasteiger charge is -2.13. The molecule has 1 aromatic carbocycles. The summed E-state index contributed by atoms with van der Waals surface area (Å²) in [5.74, 6) is 1.77. The van der Waals surface area contributed by atoms with E-state index in [0.29, 0.717) is 11.7 Å². The Balaban J connectivity index is 2.18. The third-order valence-corrected chi connectivity index (χ3v) is 3.61. The highest BCUT2D eigenvalue weighted by molar-refractivity contribution is 6.30. The molecular weight excluding hydrogens is 293 g/mol. The number of nitrogens with one attached hydrogen (secondary N) is 1. The number of benzene rings is 1. The van der Waals surface area contributed by atoms with Gasteiger partial charge in [-0.25, -0.2) is 9.97 Å². The lowest BCUT2D eigenvalue weighted by Crippen LogP contribution is -2.08. The lowest BCUT2D eigenvalue weighted by atomic mass is 10.2. The Morgan fingerprint density at radius 1 is 1.10 bits per heavy atom. The van der Waals surface area contributed by atoms with Gasteiger partial charge >= 0.3 is 0 Å². The van der Waals surface area contributed by atoms with Crippen molar-refractivity contribution < 1.29 is 0 Å². The Labute approximate surface area is 129 Å². The summed E-state index contributed by atoms with van der Waals surface area (Å²) >= 11 is 12.0. The predicted molar refractivity (Wildman–Crippen MR) is 84.6 cm³/mol. The van der Waals surface area contributed by atoms with Crippen molar-refractivity contribution in [2.45, 2.75) is 33.2 Å². The maximum absolute atomic E-state index is 6.16. The van der Waals surface area contributed by atoms with Crippen molar-refractivity contribution in [3.05, 3.63) is 51.4 Å². The maximum atomic E-state index is 6.16. The zero-order valence-corrected chi connectivity index (χ0v) is 13.3. The smallest absolute Gasteiger partial charge is 0.137 e. The van der Waals surface area contributed by atoms with Crippen molar-refractivity contribution in [1.82, 2.24) is 9.97 Å². The van der Waals surface area contributed by atoms with Gasteiger partial charge in [-0.05, 0) is 24.6 Å². The average molecular weight is 310 g/mol. The van der Waals surface area contributed by atoms with Crippen LogP contribution in [-0.4, -0.2) is 9.97 Å². The number of anilines is 1. The third kappa shape index (κ3) is 3.62. The van der Waals surface area contributed by atoms with E-state index in [-0.39, 0.29) is 5.92 Å². The van der Waals surface area contributed by atoms with Gasteiger partial charge in [-0.3, -0.25) is 0 Å². The number of halogens is 2. The van der Waals surface area contributed by atoms with E-state index in [9.17, 15) is 0 Å². The SMILES string of the molecule is Cc1c(Cl)nc(C(C)C)nc1NCc1ccc(Cl)cc1. The van der Waals surface area contributed by atoms with Gasteiger partial charge in [0.1, 0.15) is 16.8 Å². The van der Waals surface area contributed by atoms with Crippen molar-refractivity contribution in [2.75, 3.05) is 5.32 Å². The Morgan fingerprint density at radius 2 is 1.75 bits per heavy atom. The Morgan fingerprint density at radius 3 is 2.35 bits per heavy atom. The monoisotopic (exact) mass is 309 g/mol. The highest BCUT2D eigenvalue weighted by atomic mass is 35.5. The van der Waals surface area contributed by atoms with E-state index < -0.39 is 0 Å². The molecule has 1 N–H and O–H groups in total. The lowest BCUT2D eigenvalue weighted by molar-refractivity contribution is 0.771. The predicted octanol–water partition coefficient (Wildman–Crippen LogP) is 4.83. The van der Waals surface area contributed by atoms with Crippen molar-refractivity contribution in [3.63, 3.8) is 0 Å². The highest BCUT2D eigenvalue weighted by Gasteiger charge is 2.11. The third-order valence-electron chi connectivity index (χ3n) is 2.99. The molecule has 3 nitrogen and oxygen atoms in total. The first-order valence-electron chi connectivity index (χ1n) is 6.49. The fourth-order valence-electron chi connectivity index (χ4n) is 1.72. The molecule has 2 rings (SSSR count). The van der Waals surface area contributed by atoms with E-state index >= 15 is 0 Å². The van der Waals surface area contributed by atoms with Crippen LogP contribution in [0.25, 0.3) is 0 Å². The zero-order valence-electron chi connectivity index (χ0n) is 11.7. The van der Waals surface area contributed by atoms with Gasteiger partial charge in [0.25, 0.3) is 0 Å². The summed E-state index contributed by atoms with van der Waals surface area (Å²) in [4.78, 5) is 8.83. The Kier molecular flexibility index (Phi) is 4.84. The molecule has 0 aliphatic rings. The maximum Gasteiger partial charge on any atom is 0.137 e. The standard InChI is InChI=1S/C15H17Cl2N3/c1-9(2)14-19-13(17)10(3)15(20-14)18-8-11-4-6-12(16)7-5-11/h4-7,9H,8H2,1-3H3,(H,18,19,20). The molecule has 0 aliphatic heterocycles. The molecule has 0 unspecified atom stereocenters. The zero-order chi connectivity index (χ0) is 14.7. The van der Waals surface area contributed by atoms with Crippen LogP contribution in [0.3, 0.4) is 0 Å². The summed E-state index contributed by atoms with van der Waals surface area (Å²) in [7, 11) is 0. The molecular formula is C15H17Cl2N3. The highest BCUT2D eigenvalue weighted by Crippen LogP contribution is 2.23. The number of aromatic nitrogens is 2. The molecule has 0 saturated carbocycles. The molecule has 0 fully saturated rings. The van der Waals surface area contributed by atoms with E-state index in [0.717, 1.165) is 27.8 Å². The van der Waals surface area contributed by atoms with Crippen LogP contribution in [0.5, 0.6) is 0 Å². The summed E-state index contributed by atoms with van der Waals surface area (Å²) in [5.41, 5.74) is 2.00. The van der Waals surface area contributed by atoms with Gasteiger partial charge < -0.3 is 5.32 Å². The van der Waals surface area contributed by atoms with Gasteiger partial charge in [-0.15, -0.1) is 0 Å². The summed E-state index contributed by atoms with van der Waals surface area (Å²) in [5, 5.41) is 4.54. The molecule has 0 aliphatic carbocycles. The molecule has 0 spiro atoms. The topological polar surface area (TPSA) is 37.8 Å². The van der Waals surface area contributed by atoms with Gasteiger partial charge in [0, 0.05) is 23.0 Å². The largest absolute Gasteiger partial charge is 0.366 e. The Hall–Kier alpha value is -1.32. The van der Waals surface area contributed by atoms with Crippen LogP contribution in [0.15, 0.2) is 24.3 Å². The van der Waals surface area contributed by atoms with Crippen LogP contribution >= 0.6 is 23.2 Å². The second kappa shape index (κ2) is 6.42. The number of rotatable bonds is 4. The van der Waals surface area contributed by atoms with Crippen LogP contribution in [0.4, 0.5) is 5.82 Å². The van der Waals surface area contributed by atoms with E-state index in [2.05, 4.69) is 15.3 Å². The van der Waals surface area contributed by atoms with Crippen LogP contribution in [0.2, 0.25) is 10.2 Å². The minimum Gasteiger partial charge on any atom is -0.366 e. The molecule has 106 valence electrons. The molecule has 0 atom stereocenters. The Bertz CT molecular complexity index is 595. The second-order valence-electron chi connectivity index (χ2n) is 4.98. The first-order chi connectivity index (χ1) is 9.47. The number of hydrogen-bond acceptors (Lipinski definition) is 3. The summed E-state index contributed by atoms with van der Waals surface area (Å²) < 4.78 is 0. The molecule has 1 aromatic heterocycles. The number of hydrogen-bond donors (Lipinski definition) is 1. The number of nitrogens with zero attached hydrogens (tertiary/aromatic N) is 2. The fourth-order valence-corrected chi connectivity index (χ4v) is 2.03. The van der Waals surface area contributed by atoms with E-state index in [4.69, 9.17) is 23.2 Å².